The van der Waals surface area contributed by atoms with Crippen molar-refractivity contribution in [3.63, 3.8) is 0 Å². The summed E-state index contributed by atoms with van der Waals surface area (Å²) in [6.45, 7) is 3.22. The third-order valence-corrected chi connectivity index (χ3v) is 4.56. The molecule has 28 heavy (non-hydrogen) atoms. The molecule has 0 aromatic heterocycles. The van der Waals surface area contributed by atoms with Crippen molar-refractivity contribution in [2.75, 3.05) is 20.2 Å². The number of aryl methyl sites for hydroxylation is 1. The summed E-state index contributed by atoms with van der Waals surface area (Å²) in [5, 5.41) is 5.72. The van der Waals surface area contributed by atoms with Crippen molar-refractivity contribution in [2.24, 2.45) is 5.10 Å². The van der Waals surface area contributed by atoms with Crippen LogP contribution in [-0.2, 0) is 16.1 Å². The molecule has 1 heterocycles. The summed E-state index contributed by atoms with van der Waals surface area (Å²) in [7, 11) is 1.72. The lowest BCUT2D eigenvalue weighted by Gasteiger charge is -2.25. The number of hydrogen-bond donors (Lipinski definition) is 0. The molecule has 2 amide bonds. The van der Waals surface area contributed by atoms with Gasteiger partial charge in [-0.05, 0) is 30.2 Å². The molecule has 1 aliphatic heterocycles. The van der Waals surface area contributed by atoms with E-state index in [1.807, 2.05) is 61.5 Å². The lowest BCUT2D eigenvalue weighted by atomic mass is 10.1. The number of likely N-dealkylation sites (N-methyl/N-ethyl adjacent to an activating group) is 1. The number of carbonyl (C=O) groups is 2. The summed E-state index contributed by atoms with van der Waals surface area (Å²) < 4.78 is 5.71. The Balaban J connectivity index is 1.57. The molecule has 6 nitrogen and oxygen atoms in total. The molecule has 0 saturated carbocycles. The molecular formula is C22H25N3O3. The van der Waals surface area contributed by atoms with Crippen LogP contribution in [0.2, 0.25) is 0 Å². The van der Waals surface area contributed by atoms with Crippen LogP contribution in [0.15, 0.2) is 59.7 Å². The Hall–Kier alpha value is -3.15. The Morgan fingerprint density at radius 2 is 1.93 bits per heavy atom. The highest BCUT2D eigenvalue weighted by molar-refractivity contribution is 6.39. The molecule has 0 bridgehead atoms. The van der Waals surface area contributed by atoms with Gasteiger partial charge in [0.2, 0.25) is 5.91 Å². The minimum atomic E-state index is -0.168. The van der Waals surface area contributed by atoms with E-state index in [0.717, 1.165) is 16.9 Å². The van der Waals surface area contributed by atoms with Gasteiger partial charge in [0.1, 0.15) is 18.1 Å². The van der Waals surface area contributed by atoms with Gasteiger partial charge in [-0.2, -0.15) is 5.10 Å². The van der Waals surface area contributed by atoms with Gasteiger partial charge in [-0.1, -0.05) is 42.5 Å². The zero-order chi connectivity index (χ0) is 19.9. The van der Waals surface area contributed by atoms with Gasteiger partial charge in [0.25, 0.3) is 5.91 Å². The van der Waals surface area contributed by atoms with Crippen molar-refractivity contribution < 1.29 is 14.3 Å². The molecule has 2 aromatic carbocycles. The van der Waals surface area contributed by atoms with Gasteiger partial charge in [0, 0.05) is 19.9 Å². The van der Waals surface area contributed by atoms with Gasteiger partial charge >= 0.3 is 0 Å². The van der Waals surface area contributed by atoms with Crippen LogP contribution in [-0.4, -0.2) is 47.6 Å². The van der Waals surface area contributed by atoms with E-state index in [2.05, 4.69) is 5.10 Å². The quantitative estimate of drug-likeness (QED) is 0.743. The third-order valence-electron chi connectivity index (χ3n) is 4.56. The van der Waals surface area contributed by atoms with Gasteiger partial charge in [-0.25, -0.2) is 5.01 Å². The number of rotatable bonds is 7. The smallest absolute Gasteiger partial charge is 0.269 e. The number of carbonyl (C=O) groups excluding carboxylic acids is 2. The first-order chi connectivity index (χ1) is 13.5. The number of amides is 2. The average Bonchev–Trinajstić information content (AvgIpc) is 2.70. The lowest BCUT2D eigenvalue weighted by Crippen LogP contribution is -2.41. The molecule has 1 aliphatic rings. The molecule has 0 atom stereocenters. The predicted molar refractivity (Wildman–Crippen MR) is 108 cm³/mol. The lowest BCUT2D eigenvalue weighted by molar-refractivity contribution is -0.132. The molecule has 0 saturated heterocycles. The Labute approximate surface area is 165 Å². The van der Waals surface area contributed by atoms with Gasteiger partial charge in [0.15, 0.2) is 0 Å². The second-order valence-electron chi connectivity index (χ2n) is 6.88. The largest absolute Gasteiger partial charge is 0.492 e. The van der Waals surface area contributed by atoms with E-state index >= 15 is 0 Å². The normalized spacial score (nSPS) is 13.9. The number of hydrogen-bond acceptors (Lipinski definition) is 4. The number of ether oxygens (including phenoxy) is 1. The minimum Gasteiger partial charge on any atom is -0.492 e. The van der Waals surface area contributed by atoms with E-state index in [0.29, 0.717) is 38.2 Å². The van der Waals surface area contributed by atoms with Gasteiger partial charge in [-0.15, -0.1) is 0 Å². The molecule has 0 unspecified atom stereocenters. The highest BCUT2D eigenvalue weighted by Crippen LogP contribution is 2.15. The monoisotopic (exact) mass is 379 g/mol. The van der Waals surface area contributed by atoms with Gasteiger partial charge in [-0.3, -0.25) is 9.59 Å². The summed E-state index contributed by atoms with van der Waals surface area (Å²) in [5.41, 5.74) is 2.52. The standard InChI is InChI=1S/C22H25N3O3/c1-17-7-6-10-19(15-17)28-14-13-24(2)22(27)20-11-12-21(26)25(23-20)16-18-8-4-3-5-9-18/h3-10,15H,11-14,16H2,1-2H3. The van der Waals surface area contributed by atoms with E-state index in [9.17, 15) is 9.59 Å². The highest BCUT2D eigenvalue weighted by Gasteiger charge is 2.26. The van der Waals surface area contributed by atoms with Crippen LogP contribution >= 0.6 is 0 Å². The molecule has 146 valence electrons. The second-order valence-corrected chi connectivity index (χ2v) is 6.88. The first kappa shape index (κ1) is 19.6. The molecule has 3 rings (SSSR count). The maximum Gasteiger partial charge on any atom is 0.269 e. The maximum absolute atomic E-state index is 12.7. The molecule has 0 N–H and O–H groups in total. The maximum atomic E-state index is 12.7. The number of nitrogens with zero attached hydrogens (tertiary/aromatic N) is 3. The molecule has 6 heteroatoms. The Morgan fingerprint density at radius 1 is 1.14 bits per heavy atom. The molecule has 0 spiro atoms. The van der Waals surface area contributed by atoms with Crippen molar-refractivity contribution in [2.45, 2.75) is 26.3 Å². The minimum absolute atomic E-state index is 0.0640. The van der Waals surface area contributed by atoms with E-state index in [1.165, 1.54) is 5.01 Å². The van der Waals surface area contributed by atoms with Crippen LogP contribution in [0.4, 0.5) is 0 Å². The van der Waals surface area contributed by atoms with Crippen LogP contribution in [0.25, 0.3) is 0 Å². The number of hydrazone groups is 1. The van der Waals surface area contributed by atoms with Crippen molar-refractivity contribution in [1.82, 2.24) is 9.91 Å². The van der Waals surface area contributed by atoms with Crippen LogP contribution in [0.3, 0.4) is 0 Å². The highest BCUT2D eigenvalue weighted by atomic mass is 16.5. The summed E-state index contributed by atoms with van der Waals surface area (Å²) in [4.78, 5) is 26.5. The number of benzene rings is 2. The second kappa shape index (κ2) is 9.17. The van der Waals surface area contributed by atoms with Crippen molar-refractivity contribution in [3.8, 4) is 5.75 Å². The van der Waals surface area contributed by atoms with E-state index in [4.69, 9.17) is 4.74 Å². The van der Waals surface area contributed by atoms with Gasteiger partial charge < -0.3 is 9.64 Å². The average molecular weight is 379 g/mol. The Kier molecular flexibility index (Phi) is 6.42. The van der Waals surface area contributed by atoms with Crippen molar-refractivity contribution in [1.29, 1.82) is 0 Å². The zero-order valence-corrected chi connectivity index (χ0v) is 16.3. The molecule has 0 radical (unpaired) electrons. The fourth-order valence-electron chi connectivity index (χ4n) is 2.96. The third kappa shape index (κ3) is 5.19. The van der Waals surface area contributed by atoms with Crippen molar-refractivity contribution >= 4 is 17.5 Å². The van der Waals surface area contributed by atoms with E-state index < -0.39 is 0 Å². The Bertz CT molecular complexity index is 864. The van der Waals surface area contributed by atoms with Crippen LogP contribution in [0.1, 0.15) is 24.0 Å². The topological polar surface area (TPSA) is 62.2 Å². The van der Waals surface area contributed by atoms with Crippen LogP contribution in [0.5, 0.6) is 5.75 Å². The summed E-state index contributed by atoms with van der Waals surface area (Å²) in [6.07, 6.45) is 0.664. The van der Waals surface area contributed by atoms with E-state index in [-0.39, 0.29) is 11.8 Å². The van der Waals surface area contributed by atoms with Crippen LogP contribution in [0, 0.1) is 6.92 Å². The van der Waals surface area contributed by atoms with Crippen LogP contribution < -0.4 is 4.74 Å². The molecule has 0 fully saturated rings. The fraction of sp³-hybridized carbons (Fsp3) is 0.318. The van der Waals surface area contributed by atoms with Gasteiger partial charge in [0.05, 0.1) is 13.1 Å². The molecule has 2 aromatic rings. The summed E-state index contributed by atoms with van der Waals surface area (Å²) in [6, 6.07) is 17.4. The zero-order valence-electron chi connectivity index (χ0n) is 16.3. The predicted octanol–water partition coefficient (Wildman–Crippen LogP) is 3.01. The van der Waals surface area contributed by atoms with E-state index in [1.54, 1.807) is 11.9 Å². The molecule has 0 aliphatic carbocycles. The molecular weight excluding hydrogens is 354 g/mol. The summed E-state index contributed by atoms with van der Waals surface area (Å²) >= 11 is 0. The van der Waals surface area contributed by atoms with Crippen molar-refractivity contribution in [3.05, 3.63) is 65.7 Å². The fourth-order valence-corrected chi connectivity index (χ4v) is 2.96. The summed E-state index contributed by atoms with van der Waals surface area (Å²) in [5.74, 6) is 0.555. The SMILES string of the molecule is Cc1cccc(OCCN(C)C(=O)C2=NN(Cc3ccccc3)C(=O)CC2)c1. The first-order valence-corrected chi connectivity index (χ1v) is 9.39. The first-order valence-electron chi connectivity index (χ1n) is 9.39. The Morgan fingerprint density at radius 3 is 2.68 bits per heavy atom.